The number of hydrogen-bond acceptors (Lipinski definition) is 4. The zero-order valence-corrected chi connectivity index (χ0v) is 13.6. The molecule has 0 radical (unpaired) electrons. The van der Waals surface area contributed by atoms with E-state index in [4.69, 9.17) is 16.3 Å². The third-order valence-corrected chi connectivity index (χ3v) is 5.07. The van der Waals surface area contributed by atoms with Gasteiger partial charge >= 0.3 is 0 Å². The van der Waals surface area contributed by atoms with Crippen molar-refractivity contribution >= 4 is 21.4 Å². The molecule has 20 heavy (non-hydrogen) atoms. The van der Waals surface area contributed by atoms with Crippen LogP contribution in [-0.2, 0) is 16.4 Å². The molecule has 0 unspecified atom stereocenters. The maximum absolute atomic E-state index is 11.4. The molecule has 0 spiro atoms. The molecule has 114 valence electrons. The fraction of sp³-hybridized carbons (Fsp3) is 0.571. The van der Waals surface area contributed by atoms with Crippen molar-refractivity contribution in [3.8, 4) is 5.75 Å². The van der Waals surface area contributed by atoms with Crippen LogP contribution in [0.2, 0.25) is 5.02 Å². The van der Waals surface area contributed by atoms with E-state index in [1.54, 1.807) is 6.92 Å². The molecule has 6 heteroatoms. The zero-order chi connectivity index (χ0) is 15.0. The summed E-state index contributed by atoms with van der Waals surface area (Å²) in [5.41, 5.74) is 0.911. The molecule has 0 aromatic heterocycles. The summed E-state index contributed by atoms with van der Waals surface area (Å²) in [6, 6.07) is 5.51. The Bertz CT molecular complexity index is 517. The van der Waals surface area contributed by atoms with E-state index in [-0.39, 0.29) is 11.5 Å². The van der Waals surface area contributed by atoms with Gasteiger partial charge in [0.1, 0.15) is 15.6 Å². The van der Waals surface area contributed by atoms with Crippen LogP contribution in [0, 0.1) is 0 Å². The molecule has 0 amide bonds. The summed E-state index contributed by atoms with van der Waals surface area (Å²) < 4.78 is 28.4. The largest absolute Gasteiger partial charge is 0.493 e. The first-order valence-corrected chi connectivity index (χ1v) is 9.01. The van der Waals surface area contributed by atoms with E-state index in [9.17, 15) is 8.42 Å². The van der Waals surface area contributed by atoms with Crippen molar-refractivity contribution in [1.82, 2.24) is 5.32 Å². The van der Waals surface area contributed by atoms with Gasteiger partial charge in [0.15, 0.2) is 0 Å². The highest BCUT2D eigenvalue weighted by Gasteiger charge is 2.10. The molecule has 0 heterocycles. The lowest BCUT2D eigenvalue weighted by Crippen LogP contribution is -2.15. The van der Waals surface area contributed by atoms with Gasteiger partial charge < -0.3 is 10.1 Å². The summed E-state index contributed by atoms with van der Waals surface area (Å²) in [5, 5.41) is 3.87. The number of benzene rings is 1. The maximum atomic E-state index is 11.4. The third kappa shape index (κ3) is 5.69. The molecule has 0 atom stereocenters. The van der Waals surface area contributed by atoms with Crippen molar-refractivity contribution in [1.29, 1.82) is 0 Å². The van der Waals surface area contributed by atoms with Crippen LogP contribution in [-0.4, -0.2) is 33.1 Å². The van der Waals surface area contributed by atoms with E-state index in [0.717, 1.165) is 12.1 Å². The van der Waals surface area contributed by atoms with Gasteiger partial charge in [-0.3, -0.25) is 0 Å². The van der Waals surface area contributed by atoms with Crippen LogP contribution in [0.25, 0.3) is 0 Å². The maximum Gasteiger partial charge on any atom is 0.150 e. The predicted octanol–water partition coefficient (Wildman–Crippen LogP) is 2.65. The van der Waals surface area contributed by atoms with Gasteiger partial charge in [0.25, 0.3) is 0 Å². The van der Waals surface area contributed by atoms with Gasteiger partial charge in [0.2, 0.25) is 0 Å². The average molecular weight is 320 g/mol. The number of hydrogen-bond donors (Lipinski definition) is 1. The van der Waals surface area contributed by atoms with Crippen molar-refractivity contribution in [2.75, 3.05) is 24.7 Å². The highest BCUT2D eigenvalue weighted by Crippen LogP contribution is 2.26. The van der Waals surface area contributed by atoms with Crippen molar-refractivity contribution in [2.45, 2.75) is 26.8 Å². The Morgan fingerprint density at radius 1 is 1.30 bits per heavy atom. The SMILES string of the molecule is CCNCc1c(Cl)cccc1OCCCS(=O)(=O)CC. The van der Waals surface area contributed by atoms with E-state index >= 15 is 0 Å². The van der Waals surface area contributed by atoms with E-state index in [2.05, 4.69) is 5.32 Å². The lowest BCUT2D eigenvalue weighted by molar-refractivity contribution is 0.313. The second-order valence-electron chi connectivity index (χ2n) is 4.44. The minimum atomic E-state index is -2.92. The fourth-order valence-corrected chi connectivity index (χ4v) is 2.78. The predicted molar refractivity (Wildman–Crippen MR) is 83.3 cm³/mol. The molecule has 1 aromatic carbocycles. The second kappa shape index (κ2) is 8.49. The lowest BCUT2D eigenvalue weighted by Gasteiger charge is -2.13. The third-order valence-electron chi connectivity index (χ3n) is 2.92. The van der Waals surface area contributed by atoms with E-state index in [1.165, 1.54) is 0 Å². The molecule has 0 aliphatic heterocycles. The smallest absolute Gasteiger partial charge is 0.150 e. The minimum Gasteiger partial charge on any atom is -0.493 e. The Kier molecular flexibility index (Phi) is 7.34. The van der Waals surface area contributed by atoms with Crippen LogP contribution in [0.4, 0.5) is 0 Å². The van der Waals surface area contributed by atoms with Gasteiger partial charge in [-0.15, -0.1) is 0 Å². The minimum absolute atomic E-state index is 0.159. The summed E-state index contributed by atoms with van der Waals surface area (Å²) in [5.74, 6) is 1.05. The Morgan fingerprint density at radius 2 is 2.05 bits per heavy atom. The Labute approximate surface area is 126 Å². The van der Waals surface area contributed by atoms with Gasteiger partial charge in [0, 0.05) is 22.9 Å². The van der Waals surface area contributed by atoms with Crippen molar-refractivity contribution in [2.24, 2.45) is 0 Å². The zero-order valence-electron chi connectivity index (χ0n) is 12.0. The number of nitrogens with one attached hydrogen (secondary N) is 1. The number of halogens is 1. The first kappa shape index (κ1) is 17.3. The summed E-state index contributed by atoms with van der Waals surface area (Å²) in [6.07, 6.45) is 0.489. The highest BCUT2D eigenvalue weighted by atomic mass is 35.5. The molecule has 0 saturated heterocycles. The fourth-order valence-electron chi connectivity index (χ4n) is 1.70. The highest BCUT2D eigenvalue weighted by molar-refractivity contribution is 7.91. The van der Waals surface area contributed by atoms with Crippen LogP contribution in [0.5, 0.6) is 5.75 Å². The molecule has 1 rings (SSSR count). The second-order valence-corrected chi connectivity index (χ2v) is 7.32. The molecular formula is C14H22ClNO3S. The summed E-state index contributed by atoms with van der Waals surface area (Å²) in [6.45, 7) is 5.53. The van der Waals surface area contributed by atoms with Gasteiger partial charge in [-0.25, -0.2) is 8.42 Å². The molecule has 0 saturated carbocycles. The summed E-state index contributed by atoms with van der Waals surface area (Å²) in [7, 11) is -2.92. The van der Waals surface area contributed by atoms with E-state index in [1.807, 2.05) is 25.1 Å². The number of sulfone groups is 1. The lowest BCUT2D eigenvalue weighted by atomic mass is 10.2. The monoisotopic (exact) mass is 319 g/mol. The van der Waals surface area contributed by atoms with Crippen molar-refractivity contribution in [3.05, 3.63) is 28.8 Å². The first-order valence-electron chi connectivity index (χ1n) is 6.81. The molecule has 0 fully saturated rings. The van der Waals surface area contributed by atoms with Gasteiger partial charge in [-0.05, 0) is 25.1 Å². The molecule has 1 aromatic rings. The van der Waals surface area contributed by atoms with Gasteiger partial charge in [0.05, 0.1) is 12.4 Å². The quantitative estimate of drug-likeness (QED) is 0.711. The topological polar surface area (TPSA) is 55.4 Å². The van der Waals surface area contributed by atoms with Crippen LogP contribution < -0.4 is 10.1 Å². The summed E-state index contributed by atoms with van der Waals surface area (Å²) >= 11 is 6.16. The Balaban J connectivity index is 2.57. The Morgan fingerprint density at radius 3 is 2.70 bits per heavy atom. The van der Waals surface area contributed by atoms with E-state index < -0.39 is 9.84 Å². The van der Waals surface area contributed by atoms with Crippen LogP contribution in [0.3, 0.4) is 0 Å². The molecular weight excluding hydrogens is 298 g/mol. The number of rotatable bonds is 9. The molecule has 0 aliphatic rings. The number of ether oxygens (including phenoxy) is 1. The van der Waals surface area contributed by atoms with Crippen LogP contribution >= 0.6 is 11.6 Å². The van der Waals surface area contributed by atoms with Crippen LogP contribution in [0.1, 0.15) is 25.8 Å². The van der Waals surface area contributed by atoms with Crippen molar-refractivity contribution < 1.29 is 13.2 Å². The molecule has 4 nitrogen and oxygen atoms in total. The normalized spacial score (nSPS) is 11.6. The first-order chi connectivity index (χ1) is 9.50. The van der Waals surface area contributed by atoms with Crippen LogP contribution in [0.15, 0.2) is 18.2 Å². The molecule has 1 N–H and O–H groups in total. The average Bonchev–Trinajstić information content (AvgIpc) is 2.43. The summed E-state index contributed by atoms with van der Waals surface area (Å²) in [4.78, 5) is 0. The molecule has 0 bridgehead atoms. The van der Waals surface area contributed by atoms with Crippen molar-refractivity contribution in [3.63, 3.8) is 0 Å². The van der Waals surface area contributed by atoms with Gasteiger partial charge in [-0.1, -0.05) is 31.5 Å². The van der Waals surface area contributed by atoms with Gasteiger partial charge in [-0.2, -0.15) is 0 Å². The van der Waals surface area contributed by atoms with E-state index in [0.29, 0.717) is 30.3 Å². The molecule has 0 aliphatic carbocycles. The Hall–Kier alpha value is -0.780. The standard InChI is InChI=1S/C14H22ClNO3S/c1-3-16-11-12-13(15)7-5-8-14(12)19-9-6-10-20(17,18)4-2/h5,7-8,16H,3-4,6,9-11H2,1-2H3.